The molecule has 2 heterocycles. The van der Waals surface area contributed by atoms with Gasteiger partial charge in [-0.05, 0) is 35.0 Å². The van der Waals surface area contributed by atoms with Crippen LogP contribution in [-0.2, 0) is 19.1 Å². The lowest BCUT2D eigenvalue weighted by molar-refractivity contribution is -0.145. The van der Waals surface area contributed by atoms with Crippen molar-refractivity contribution in [3.8, 4) is 23.0 Å². The standard InChI is InChI=1S/C33H36O10S2/c1-18(32(36)40-5)10-22(34)30-14-20-12-24(38-3)26(16-28(20)44-30)42-8-7-9-43-27-17-29-21(13-25(27)39-4)15-31(45-29)23(35)11-19(2)33(37)41-6/h12-19H,7-11H2,1-6H3/t18-,19-/m0/s1. The molecule has 0 aliphatic carbocycles. The van der Waals surface area contributed by atoms with Gasteiger partial charge in [0.15, 0.2) is 34.6 Å². The number of carbonyl (C=O) groups excluding carboxylic acids is 4. The van der Waals surface area contributed by atoms with Gasteiger partial charge in [0.1, 0.15) is 0 Å². The van der Waals surface area contributed by atoms with Crippen molar-refractivity contribution < 1.29 is 47.6 Å². The second-order valence-electron chi connectivity index (χ2n) is 10.5. The van der Waals surface area contributed by atoms with E-state index in [-0.39, 0.29) is 24.4 Å². The van der Waals surface area contributed by atoms with Gasteiger partial charge >= 0.3 is 11.9 Å². The Bertz CT molecular complexity index is 1580. The van der Waals surface area contributed by atoms with Crippen molar-refractivity contribution in [3.63, 3.8) is 0 Å². The summed E-state index contributed by atoms with van der Waals surface area (Å²) < 4.78 is 34.3. The van der Waals surface area contributed by atoms with Crippen LogP contribution in [0.2, 0.25) is 0 Å². The van der Waals surface area contributed by atoms with Gasteiger partial charge in [-0.15, -0.1) is 22.7 Å². The molecule has 4 rings (SSSR count). The summed E-state index contributed by atoms with van der Waals surface area (Å²) in [6.45, 7) is 4.03. The average molecular weight is 657 g/mol. The minimum atomic E-state index is -0.523. The van der Waals surface area contributed by atoms with Crippen LogP contribution in [0.1, 0.15) is 52.5 Å². The maximum atomic E-state index is 12.8. The van der Waals surface area contributed by atoms with E-state index in [9.17, 15) is 19.2 Å². The molecule has 0 saturated carbocycles. The number of carbonyl (C=O) groups is 4. The molecule has 2 aromatic heterocycles. The third-order valence-electron chi connectivity index (χ3n) is 7.15. The van der Waals surface area contributed by atoms with Crippen molar-refractivity contribution >= 4 is 66.4 Å². The zero-order valence-electron chi connectivity index (χ0n) is 26.1. The molecule has 0 aliphatic rings. The number of fused-ring (bicyclic) bond motifs is 2. The number of hydrogen-bond donors (Lipinski definition) is 0. The van der Waals surface area contributed by atoms with E-state index in [0.717, 1.165) is 20.2 Å². The number of esters is 2. The zero-order valence-corrected chi connectivity index (χ0v) is 27.7. The summed E-state index contributed by atoms with van der Waals surface area (Å²) in [4.78, 5) is 50.1. The number of methoxy groups -OCH3 is 4. The van der Waals surface area contributed by atoms with Gasteiger partial charge in [-0.3, -0.25) is 19.2 Å². The molecule has 0 saturated heterocycles. The van der Waals surface area contributed by atoms with E-state index < -0.39 is 23.8 Å². The van der Waals surface area contributed by atoms with Crippen LogP contribution >= 0.6 is 22.7 Å². The second-order valence-corrected chi connectivity index (χ2v) is 12.6. The lowest BCUT2D eigenvalue weighted by Gasteiger charge is -2.13. The average Bonchev–Trinajstić information content (AvgIpc) is 3.66. The van der Waals surface area contributed by atoms with Crippen molar-refractivity contribution in [1.82, 2.24) is 0 Å². The lowest BCUT2D eigenvalue weighted by atomic mass is 10.0. The van der Waals surface area contributed by atoms with Gasteiger partial charge in [0.25, 0.3) is 0 Å². The Morgan fingerprint density at radius 2 is 1.00 bits per heavy atom. The van der Waals surface area contributed by atoms with Crippen molar-refractivity contribution in [3.05, 3.63) is 46.2 Å². The molecule has 0 unspecified atom stereocenters. The maximum absolute atomic E-state index is 12.8. The summed E-state index contributed by atoms with van der Waals surface area (Å²) in [5, 5.41) is 1.70. The minimum absolute atomic E-state index is 0.0692. The molecule has 0 spiro atoms. The topological polar surface area (TPSA) is 124 Å². The first-order valence-electron chi connectivity index (χ1n) is 14.3. The van der Waals surface area contributed by atoms with Gasteiger partial charge in [-0.1, -0.05) is 13.8 Å². The first-order valence-corrected chi connectivity index (χ1v) is 15.9. The Balaban J connectivity index is 1.37. The summed E-state index contributed by atoms with van der Waals surface area (Å²) in [6, 6.07) is 10.9. The number of ketones is 2. The molecular formula is C33H36O10S2. The highest BCUT2D eigenvalue weighted by atomic mass is 32.1. The van der Waals surface area contributed by atoms with Crippen LogP contribution in [0.3, 0.4) is 0 Å². The fourth-order valence-electron chi connectivity index (χ4n) is 4.66. The molecule has 0 amide bonds. The first kappa shape index (κ1) is 33.7. The molecular weight excluding hydrogens is 620 g/mol. The van der Waals surface area contributed by atoms with Gasteiger partial charge in [0.2, 0.25) is 0 Å². The molecule has 45 heavy (non-hydrogen) atoms. The van der Waals surface area contributed by atoms with E-state index in [2.05, 4.69) is 0 Å². The molecule has 10 nitrogen and oxygen atoms in total. The molecule has 0 bridgehead atoms. The van der Waals surface area contributed by atoms with Gasteiger partial charge in [-0.2, -0.15) is 0 Å². The summed E-state index contributed by atoms with van der Waals surface area (Å²) in [6.07, 6.45) is 0.696. The van der Waals surface area contributed by atoms with Gasteiger partial charge in [-0.25, -0.2) is 0 Å². The Labute approximate surface area is 269 Å². The second kappa shape index (κ2) is 15.2. The van der Waals surface area contributed by atoms with Crippen LogP contribution < -0.4 is 18.9 Å². The number of benzene rings is 2. The highest BCUT2D eigenvalue weighted by Gasteiger charge is 2.22. The van der Waals surface area contributed by atoms with Crippen molar-refractivity contribution in [2.45, 2.75) is 33.1 Å². The van der Waals surface area contributed by atoms with Gasteiger partial charge in [0.05, 0.1) is 63.2 Å². The summed E-state index contributed by atoms with van der Waals surface area (Å²) in [7, 11) is 5.73. The molecule has 12 heteroatoms. The predicted octanol–water partition coefficient (Wildman–Crippen LogP) is 6.74. The minimum Gasteiger partial charge on any atom is -0.493 e. The molecule has 0 N–H and O–H groups in total. The molecule has 2 atom stereocenters. The van der Waals surface area contributed by atoms with Crippen molar-refractivity contribution in [2.75, 3.05) is 41.7 Å². The SMILES string of the molecule is COC(=O)[C@@H](C)CC(=O)c1cc2cc(OC)c(OCCCOc3cc4sc(C(=O)C[C@H](C)C(=O)OC)cc4cc3OC)cc2s1. The fraction of sp³-hybridized carbons (Fsp3) is 0.394. The zero-order chi connectivity index (χ0) is 32.7. The van der Waals surface area contributed by atoms with Crippen LogP contribution in [0.4, 0.5) is 0 Å². The Morgan fingerprint density at radius 1 is 0.600 bits per heavy atom. The first-order chi connectivity index (χ1) is 21.6. The van der Waals surface area contributed by atoms with Crippen LogP contribution in [0.25, 0.3) is 20.2 Å². The summed E-state index contributed by atoms with van der Waals surface area (Å²) >= 11 is 2.68. The highest BCUT2D eigenvalue weighted by molar-refractivity contribution is 7.21. The molecule has 4 aromatic rings. The van der Waals surface area contributed by atoms with Crippen LogP contribution in [0.15, 0.2) is 36.4 Å². The summed E-state index contributed by atoms with van der Waals surface area (Å²) in [5.74, 6) is 0.0470. The monoisotopic (exact) mass is 656 g/mol. The Hall–Kier alpha value is -4.16. The van der Waals surface area contributed by atoms with E-state index in [4.69, 9.17) is 28.4 Å². The third kappa shape index (κ3) is 8.12. The van der Waals surface area contributed by atoms with Crippen LogP contribution in [-0.4, -0.2) is 65.2 Å². The molecule has 2 aromatic carbocycles. The van der Waals surface area contributed by atoms with E-state index in [1.807, 2.05) is 24.3 Å². The number of ether oxygens (including phenoxy) is 6. The quantitative estimate of drug-likeness (QED) is 0.0727. The molecule has 0 fully saturated rings. The molecule has 0 radical (unpaired) electrons. The number of thiophene rings is 2. The predicted molar refractivity (Wildman–Crippen MR) is 173 cm³/mol. The van der Waals surface area contributed by atoms with Crippen LogP contribution in [0, 0.1) is 11.8 Å². The largest absolute Gasteiger partial charge is 0.493 e. The lowest BCUT2D eigenvalue weighted by Crippen LogP contribution is -2.16. The number of rotatable bonds is 16. The number of Topliss-reactive ketones (excluding diaryl/α,β-unsaturated/α-hetero) is 2. The Kier molecular flexibility index (Phi) is 11.4. The normalized spacial score (nSPS) is 12.4. The van der Waals surface area contributed by atoms with Crippen LogP contribution in [0.5, 0.6) is 23.0 Å². The molecule has 0 aliphatic heterocycles. The van der Waals surface area contributed by atoms with Crippen molar-refractivity contribution in [2.24, 2.45) is 11.8 Å². The van der Waals surface area contributed by atoms with E-state index in [1.165, 1.54) is 36.9 Å². The smallest absolute Gasteiger partial charge is 0.308 e. The van der Waals surface area contributed by atoms with E-state index >= 15 is 0 Å². The maximum Gasteiger partial charge on any atom is 0.308 e. The van der Waals surface area contributed by atoms with E-state index in [1.54, 1.807) is 40.2 Å². The van der Waals surface area contributed by atoms with Gasteiger partial charge < -0.3 is 28.4 Å². The third-order valence-corrected chi connectivity index (χ3v) is 9.43. The van der Waals surface area contributed by atoms with Crippen molar-refractivity contribution in [1.29, 1.82) is 0 Å². The Morgan fingerprint density at radius 3 is 1.36 bits per heavy atom. The fourth-order valence-corrected chi connectivity index (χ4v) is 6.71. The molecule has 240 valence electrons. The van der Waals surface area contributed by atoms with E-state index in [0.29, 0.717) is 52.4 Å². The summed E-state index contributed by atoms with van der Waals surface area (Å²) in [5.41, 5.74) is 0. The van der Waals surface area contributed by atoms with Gasteiger partial charge in [0, 0.05) is 40.8 Å². The number of hydrogen-bond acceptors (Lipinski definition) is 12. The highest BCUT2D eigenvalue weighted by Crippen LogP contribution is 2.39.